The van der Waals surface area contributed by atoms with Crippen LogP contribution in [0.4, 0.5) is 8.78 Å². The molecular formula is C14H15F2N3O2. The smallest absolute Gasteiger partial charge is 0.255 e. The average molecular weight is 295 g/mol. The molecule has 5 nitrogen and oxygen atoms in total. The van der Waals surface area contributed by atoms with Gasteiger partial charge in [0.2, 0.25) is 0 Å². The third-order valence-corrected chi connectivity index (χ3v) is 3.14. The summed E-state index contributed by atoms with van der Waals surface area (Å²) in [6.07, 6.45) is -1.47. The van der Waals surface area contributed by atoms with E-state index in [2.05, 4.69) is 15.5 Å². The second-order valence-corrected chi connectivity index (χ2v) is 4.67. The molecule has 1 atom stereocenters. The highest BCUT2D eigenvalue weighted by Gasteiger charge is 2.20. The molecule has 3 N–H and O–H groups in total. The first kappa shape index (κ1) is 15.1. The van der Waals surface area contributed by atoms with Gasteiger partial charge in [-0.2, -0.15) is 5.10 Å². The summed E-state index contributed by atoms with van der Waals surface area (Å²) in [5.41, 5.74) is 0.989. The van der Waals surface area contributed by atoms with E-state index in [-0.39, 0.29) is 6.54 Å². The molecule has 2 rings (SSSR count). The molecule has 112 valence electrons. The lowest BCUT2D eigenvalue weighted by Gasteiger charge is -2.14. The van der Waals surface area contributed by atoms with Crippen LogP contribution in [0.5, 0.6) is 0 Å². The molecule has 1 aromatic heterocycles. The minimum absolute atomic E-state index is 0.305. The molecule has 0 bridgehead atoms. The van der Waals surface area contributed by atoms with E-state index in [1.807, 2.05) is 0 Å². The van der Waals surface area contributed by atoms with Crippen molar-refractivity contribution in [1.29, 1.82) is 0 Å². The van der Waals surface area contributed by atoms with Crippen LogP contribution in [0.1, 0.15) is 33.4 Å². The molecule has 1 unspecified atom stereocenters. The Morgan fingerprint density at radius 1 is 1.38 bits per heavy atom. The standard InChI is InChI=1S/C14H15F2N3O2/c1-7-12(8(2)19-18-7)14(21)17-6-11(20)13-9(15)4-3-5-10(13)16/h3-5,11,20H,6H2,1-2H3,(H,17,21)(H,18,19). The van der Waals surface area contributed by atoms with Crippen LogP contribution in [0, 0.1) is 25.5 Å². The van der Waals surface area contributed by atoms with Crippen LogP contribution in [0.25, 0.3) is 0 Å². The number of benzene rings is 1. The van der Waals surface area contributed by atoms with Crippen LogP contribution in [0.2, 0.25) is 0 Å². The molecule has 0 aliphatic carbocycles. The van der Waals surface area contributed by atoms with Crippen LogP contribution in [-0.4, -0.2) is 27.8 Å². The van der Waals surface area contributed by atoms with Gasteiger partial charge in [0.25, 0.3) is 5.91 Å². The van der Waals surface area contributed by atoms with Gasteiger partial charge in [-0.3, -0.25) is 9.89 Å². The van der Waals surface area contributed by atoms with Crippen molar-refractivity contribution in [2.45, 2.75) is 20.0 Å². The normalized spacial score (nSPS) is 12.2. The SMILES string of the molecule is Cc1n[nH]c(C)c1C(=O)NCC(O)c1c(F)cccc1F. The summed E-state index contributed by atoms with van der Waals surface area (Å²) < 4.78 is 27.0. The summed E-state index contributed by atoms with van der Waals surface area (Å²) in [4.78, 5) is 12.0. The monoisotopic (exact) mass is 295 g/mol. The lowest BCUT2D eigenvalue weighted by molar-refractivity contribution is 0.0910. The first-order chi connectivity index (χ1) is 9.91. The number of aliphatic hydroxyl groups excluding tert-OH is 1. The highest BCUT2D eigenvalue weighted by Crippen LogP contribution is 2.20. The van der Waals surface area contributed by atoms with Crippen molar-refractivity contribution in [2.75, 3.05) is 6.54 Å². The van der Waals surface area contributed by atoms with Crippen molar-refractivity contribution in [2.24, 2.45) is 0 Å². The second-order valence-electron chi connectivity index (χ2n) is 4.67. The molecule has 0 radical (unpaired) electrons. The fourth-order valence-electron chi connectivity index (χ4n) is 2.09. The molecule has 0 aliphatic rings. The zero-order chi connectivity index (χ0) is 15.6. The van der Waals surface area contributed by atoms with Crippen molar-refractivity contribution >= 4 is 5.91 Å². The Morgan fingerprint density at radius 2 is 2.00 bits per heavy atom. The molecule has 1 heterocycles. The summed E-state index contributed by atoms with van der Waals surface area (Å²) in [5.74, 6) is -2.17. The van der Waals surface area contributed by atoms with E-state index in [0.29, 0.717) is 17.0 Å². The van der Waals surface area contributed by atoms with E-state index in [4.69, 9.17) is 0 Å². The summed E-state index contributed by atoms with van der Waals surface area (Å²) in [6.45, 7) is 3.04. The Labute approximate surface area is 120 Å². The second kappa shape index (κ2) is 6.01. The predicted octanol–water partition coefficient (Wildman–Crippen LogP) is 1.77. The predicted molar refractivity (Wildman–Crippen MR) is 71.7 cm³/mol. The van der Waals surface area contributed by atoms with Gasteiger partial charge in [0.15, 0.2) is 0 Å². The Morgan fingerprint density at radius 3 is 2.52 bits per heavy atom. The highest BCUT2D eigenvalue weighted by atomic mass is 19.1. The number of H-pyrrole nitrogens is 1. The zero-order valence-electron chi connectivity index (χ0n) is 11.6. The third-order valence-electron chi connectivity index (χ3n) is 3.14. The molecule has 1 amide bonds. The molecule has 7 heteroatoms. The Kier molecular flexibility index (Phi) is 4.32. The summed E-state index contributed by atoms with van der Waals surface area (Å²) in [7, 11) is 0. The largest absolute Gasteiger partial charge is 0.386 e. The zero-order valence-corrected chi connectivity index (χ0v) is 11.6. The van der Waals surface area contributed by atoms with Gasteiger partial charge < -0.3 is 10.4 Å². The fourth-order valence-corrected chi connectivity index (χ4v) is 2.09. The van der Waals surface area contributed by atoms with Gasteiger partial charge in [-0.1, -0.05) is 6.07 Å². The van der Waals surface area contributed by atoms with E-state index < -0.39 is 29.2 Å². The molecule has 2 aromatic rings. The quantitative estimate of drug-likeness (QED) is 0.804. The number of nitrogens with one attached hydrogen (secondary N) is 2. The summed E-state index contributed by atoms with van der Waals surface area (Å²) in [6, 6.07) is 3.30. The first-order valence-electron chi connectivity index (χ1n) is 6.33. The molecule has 0 spiro atoms. The minimum Gasteiger partial charge on any atom is -0.386 e. The van der Waals surface area contributed by atoms with Gasteiger partial charge in [0, 0.05) is 12.2 Å². The van der Waals surface area contributed by atoms with Crippen molar-refractivity contribution in [1.82, 2.24) is 15.5 Å². The molecule has 0 saturated heterocycles. The minimum atomic E-state index is -1.47. The molecule has 1 aromatic carbocycles. The van der Waals surface area contributed by atoms with Crippen LogP contribution < -0.4 is 5.32 Å². The van der Waals surface area contributed by atoms with Gasteiger partial charge in [-0.25, -0.2) is 8.78 Å². The van der Waals surface area contributed by atoms with Gasteiger partial charge >= 0.3 is 0 Å². The van der Waals surface area contributed by atoms with Gasteiger partial charge in [-0.15, -0.1) is 0 Å². The number of aromatic nitrogens is 2. The number of rotatable bonds is 4. The van der Waals surface area contributed by atoms with Crippen molar-refractivity contribution < 1.29 is 18.7 Å². The van der Waals surface area contributed by atoms with Crippen LogP contribution in [0.3, 0.4) is 0 Å². The average Bonchev–Trinajstić information content (AvgIpc) is 2.75. The lowest BCUT2D eigenvalue weighted by atomic mass is 10.1. The Hall–Kier alpha value is -2.28. The van der Waals surface area contributed by atoms with E-state index in [1.165, 1.54) is 6.07 Å². The van der Waals surface area contributed by atoms with Gasteiger partial charge in [0.05, 0.1) is 16.8 Å². The number of nitrogens with zero attached hydrogens (tertiary/aromatic N) is 1. The maximum atomic E-state index is 13.5. The number of aryl methyl sites for hydroxylation is 2. The number of aromatic amines is 1. The molecule has 0 fully saturated rings. The number of hydrogen-bond donors (Lipinski definition) is 3. The number of carbonyl (C=O) groups excluding carboxylic acids is 1. The summed E-state index contributed by atoms with van der Waals surface area (Å²) >= 11 is 0. The van der Waals surface area contributed by atoms with Crippen molar-refractivity contribution in [3.05, 3.63) is 52.3 Å². The van der Waals surface area contributed by atoms with E-state index in [9.17, 15) is 18.7 Å². The number of aliphatic hydroxyl groups is 1. The maximum Gasteiger partial charge on any atom is 0.255 e. The highest BCUT2D eigenvalue weighted by molar-refractivity contribution is 5.96. The van der Waals surface area contributed by atoms with Crippen LogP contribution in [0.15, 0.2) is 18.2 Å². The van der Waals surface area contributed by atoms with Gasteiger partial charge in [0.1, 0.15) is 17.7 Å². The lowest BCUT2D eigenvalue weighted by Crippen LogP contribution is -2.29. The van der Waals surface area contributed by atoms with Crippen molar-refractivity contribution in [3.8, 4) is 0 Å². The number of amides is 1. The summed E-state index contributed by atoms with van der Waals surface area (Å²) in [5, 5.41) is 18.8. The Balaban J connectivity index is 2.08. The van der Waals surface area contributed by atoms with E-state index in [0.717, 1.165) is 12.1 Å². The number of hydrogen-bond acceptors (Lipinski definition) is 3. The van der Waals surface area contributed by atoms with E-state index in [1.54, 1.807) is 13.8 Å². The van der Waals surface area contributed by atoms with Gasteiger partial charge in [-0.05, 0) is 26.0 Å². The van der Waals surface area contributed by atoms with Crippen LogP contribution in [-0.2, 0) is 0 Å². The third kappa shape index (κ3) is 3.08. The van der Waals surface area contributed by atoms with Crippen LogP contribution >= 0.6 is 0 Å². The molecular weight excluding hydrogens is 280 g/mol. The molecule has 0 saturated carbocycles. The maximum absolute atomic E-state index is 13.5. The number of carbonyl (C=O) groups is 1. The Bertz CT molecular complexity index is 630. The molecule has 21 heavy (non-hydrogen) atoms. The van der Waals surface area contributed by atoms with Crippen molar-refractivity contribution in [3.63, 3.8) is 0 Å². The first-order valence-corrected chi connectivity index (χ1v) is 6.33. The number of halogens is 2. The topological polar surface area (TPSA) is 78.0 Å². The molecule has 0 aliphatic heterocycles. The van der Waals surface area contributed by atoms with E-state index >= 15 is 0 Å². The fraction of sp³-hybridized carbons (Fsp3) is 0.286.